The zero-order valence-electron chi connectivity index (χ0n) is 37.5. The van der Waals surface area contributed by atoms with Crippen molar-refractivity contribution in [1.82, 2.24) is 9.13 Å². The molecule has 2 heterocycles. The largest absolute Gasteiger partial charge is 0.309 e. The normalized spacial score (nSPS) is 13.0. The van der Waals surface area contributed by atoms with Gasteiger partial charge in [0.2, 0.25) is 0 Å². The fourth-order valence-corrected chi connectivity index (χ4v) is 10.9. The molecule has 2 nitrogen and oxygen atoms in total. The van der Waals surface area contributed by atoms with Crippen LogP contribution in [-0.2, 0) is 5.41 Å². The lowest BCUT2D eigenvalue weighted by molar-refractivity contribution is 0.660. The third kappa shape index (κ3) is 6.40. The van der Waals surface area contributed by atoms with E-state index in [1.54, 1.807) is 0 Å². The molecular formula is C65H46N2. The van der Waals surface area contributed by atoms with Crippen LogP contribution in [0.2, 0.25) is 0 Å². The first-order chi connectivity index (χ1) is 33.0. The van der Waals surface area contributed by atoms with Crippen LogP contribution in [-0.4, -0.2) is 9.13 Å². The van der Waals surface area contributed by atoms with Crippen LogP contribution in [0.15, 0.2) is 231 Å². The van der Waals surface area contributed by atoms with Gasteiger partial charge in [-0.25, -0.2) is 0 Å². The quantitative estimate of drug-likeness (QED) is 0.141. The molecule has 67 heavy (non-hydrogen) atoms. The van der Waals surface area contributed by atoms with E-state index in [-0.39, 0.29) is 5.41 Å². The summed E-state index contributed by atoms with van der Waals surface area (Å²) in [6.07, 6.45) is 4.50. The van der Waals surface area contributed by atoms with Crippen molar-refractivity contribution < 1.29 is 0 Å². The molecule has 316 valence electrons. The van der Waals surface area contributed by atoms with Crippen molar-refractivity contribution in [2.75, 3.05) is 0 Å². The summed E-state index contributed by atoms with van der Waals surface area (Å²) in [5.41, 5.74) is 22.2. The summed E-state index contributed by atoms with van der Waals surface area (Å²) in [6, 6.07) is 84.6. The summed E-state index contributed by atoms with van der Waals surface area (Å²) >= 11 is 0. The van der Waals surface area contributed by atoms with Gasteiger partial charge in [0, 0.05) is 38.3 Å². The molecule has 10 aromatic carbocycles. The molecule has 2 heteroatoms. The van der Waals surface area contributed by atoms with E-state index >= 15 is 0 Å². The van der Waals surface area contributed by atoms with Crippen LogP contribution in [0.25, 0.3) is 112 Å². The minimum atomic E-state index is -0.146. The molecule has 1 aliphatic rings. The summed E-state index contributed by atoms with van der Waals surface area (Å²) in [5.74, 6) is 0. The number of para-hydroxylation sites is 3. The van der Waals surface area contributed by atoms with Crippen LogP contribution in [0.3, 0.4) is 0 Å². The molecule has 1 aliphatic carbocycles. The summed E-state index contributed by atoms with van der Waals surface area (Å²) in [7, 11) is 0. The lowest BCUT2D eigenvalue weighted by Gasteiger charge is -2.22. The maximum atomic E-state index is 2.44. The Balaban J connectivity index is 0.770. The number of nitrogens with zero attached hydrogens (tertiary/aromatic N) is 2. The second kappa shape index (κ2) is 15.3. The first-order valence-corrected chi connectivity index (χ1v) is 23.3. The molecule has 0 N–H and O–H groups in total. The van der Waals surface area contributed by atoms with E-state index in [1.807, 2.05) is 0 Å². The molecule has 0 unspecified atom stereocenters. The maximum Gasteiger partial charge on any atom is 0.0541 e. The maximum absolute atomic E-state index is 2.44. The second-order valence-corrected chi connectivity index (χ2v) is 18.6. The predicted octanol–water partition coefficient (Wildman–Crippen LogP) is 17.4. The number of fused-ring (bicyclic) bond motifs is 9. The van der Waals surface area contributed by atoms with Crippen LogP contribution in [0.1, 0.15) is 36.1 Å². The molecule has 12 aromatic rings. The first-order valence-electron chi connectivity index (χ1n) is 23.3. The lowest BCUT2D eigenvalue weighted by Crippen LogP contribution is -2.15. The highest BCUT2D eigenvalue weighted by Gasteiger charge is 2.35. The number of aromatic nitrogens is 2. The zero-order valence-corrected chi connectivity index (χ0v) is 37.5. The Labute approximate surface area is 391 Å². The highest BCUT2D eigenvalue weighted by molar-refractivity contribution is 6.11. The summed E-state index contributed by atoms with van der Waals surface area (Å²) < 4.78 is 4.77. The number of hydrogen-bond donors (Lipinski definition) is 0. The lowest BCUT2D eigenvalue weighted by atomic mass is 9.81. The Morgan fingerprint density at radius 2 is 0.701 bits per heavy atom. The molecule has 13 rings (SSSR count). The molecule has 0 aliphatic heterocycles. The highest BCUT2D eigenvalue weighted by atomic mass is 15.0. The number of hydrogen-bond acceptors (Lipinski definition) is 0. The Kier molecular flexibility index (Phi) is 8.91. The van der Waals surface area contributed by atoms with E-state index in [1.165, 1.54) is 116 Å². The molecule has 0 radical (unpaired) electrons. The molecule has 0 saturated carbocycles. The summed E-state index contributed by atoms with van der Waals surface area (Å²) in [6.45, 7) is 4.76. The van der Waals surface area contributed by atoms with E-state index in [9.17, 15) is 0 Å². The fourth-order valence-electron chi connectivity index (χ4n) is 10.9. The van der Waals surface area contributed by atoms with Crippen molar-refractivity contribution in [2.45, 2.75) is 19.3 Å². The van der Waals surface area contributed by atoms with Crippen LogP contribution < -0.4 is 0 Å². The van der Waals surface area contributed by atoms with Gasteiger partial charge in [0.15, 0.2) is 0 Å². The van der Waals surface area contributed by atoms with Crippen molar-refractivity contribution in [3.05, 3.63) is 253 Å². The monoisotopic (exact) mass is 854 g/mol. The Morgan fingerprint density at radius 3 is 1.34 bits per heavy atom. The smallest absolute Gasteiger partial charge is 0.0541 e. The van der Waals surface area contributed by atoms with Crippen LogP contribution in [0.5, 0.6) is 0 Å². The van der Waals surface area contributed by atoms with Gasteiger partial charge in [-0.3, -0.25) is 0 Å². The molecule has 0 amide bonds. The van der Waals surface area contributed by atoms with E-state index in [0.29, 0.717) is 0 Å². The summed E-state index contributed by atoms with van der Waals surface area (Å²) in [4.78, 5) is 0. The standard InChI is InChI=1S/C65H46N2/c1-65(2)59-39-44(22-21-43-23-26-47(27-24-43)48-31-37-63-57(40-48)55-17-9-11-19-61(55)66(63)51-15-7-4-8-16-51)25-35-53(59)54-36-30-50(42-60(54)65)49-32-38-64-58(41-49)56-18-10-12-20-62(56)67(64)52-33-28-46(29-34-52)45-13-5-3-6-14-45/h3-42H,1-2H3. The SMILES string of the molecule is CC1(C)c2cc(C=Cc3ccc(-c4ccc5c(c4)c4ccccc4n5-c4ccccc4)cc3)ccc2-c2ccc(-c3ccc4c(c3)c3ccccc3n4-c3ccc(-c4ccccc4)cc3)cc21. The Hall–Kier alpha value is -8.46. The zero-order chi connectivity index (χ0) is 44.6. The molecule has 0 bridgehead atoms. The third-order valence-electron chi connectivity index (χ3n) is 14.3. The molecule has 0 atom stereocenters. The second-order valence-electron chi connectivity index (χ2n) is 18.6. The first kappa shape index (κ1) is 39.0. The molecule has 0 spiro atoms. The van der Waals surface area contributed by atoms with E-state index in [0.717, 1.165) is 5.69 Å². The van der Waals surface area contributed by atoms with Crippen molar-refractivity contribution in [2.24, 2.45) is 0 Å². The van der Waals surface area contributed by atoms with Gasteiger partial charge >= 0.3 is 0 Å². The van der Waals surface area contributed by atoms with Crippen molar-refractivity contribution in [3.8, 4) is 55.9 Å². The van der Waals surface area contributed by atoms with E-state index < -0.39 is 0 Å². The van der Waals surface area contributed by atoms with Gasteiger partial charge in [-0.1, -0.05) is 190 Å². The van der Waals surface area contributed by atoms with Gasteiger partial charge in [0.1, 0.15) is 0 Å². The third-order valence-corrected chi connectivity index (χ3v) is 14.3. The average molecular weight is 855 g/mol. The molecule has 0 fully saturated rings. The van der Waals surface area contributed by atoms with Crippen molar-refractivity contribution in [1.29, 1.82) is 0 Å². The number of benzene rings is 10. The minimum Gasteiger partial charge on any atom is -0.309 e. The predicted molar refractivity (Wildman–Crippen MR) is 284 cm³/mol. The van der Waals surface area contributed by atoms with Gasteiger partial charge in [0.25, 0.3) is 0 Å². The van der Waals surface area contributed by atoms with Crippen LogP contribution in [0, 0.1) is 0 Å². The van der Waals surface area contributed by atoms with E-state index in [2.05, 4.69) is 266 Å². The van der Waals surface area contributed by atoms with Crippen molar-refractivity contribution in [3.63, 3.8) is 0 Å². The van der Waals surface area contributed by atoms with Gasteiger partial charge in [-0.05, 0) is 133 Å². The molecule has 2 aromatic heterocycles. The van der Waals surface area contributed by atoms with Gasteiger partial charge < -0.3 is 9.13 Å². The molecule has 0 saturated heterocycles. The fraction of sp³-hybridized carbons (Fsp3) is 0.0462. The number of rotatable bonds is 7. The Bertz CT molecular complexity index is 3900. The van der Waals surface area contributed by atoms with Gasteiger partial charge in [-0.2, -0.15) is 0 Å². The van der Waals surface area contributed by atoms with Gasteiger partial charge in [0.05, 0.1) is 22.1 Å². The molecular weight excluding hydrogens is 809 g/mol. The highest BCUT2D eigenvalue weighted by Crippen LogP contribution is 2.50. The Morgan fingerprint density at radius 1 is 0.299 bits per heavy atom. The van der Waals surface area contributed by atoms with Crippen molar-refractivity contribution >= 4 is 55.8 Å². The minimum absolute atomic E-state index is 0.146. The topological polar surface area (TPSA) is 9.86 Å². The van der Waals surface area contributed by atoms with Crippen LogP contribution in [0.4, 0.5) is 0 Å². The van der Waals surface area contributed by atoms with Gasteiger partial charge in [-0.15, -0.1) is 0 Å². The summed E-state index contributed by atoms with van der Waals surface area (Å²) in [5, 5.41) is 5.06. The van der Waals surface area contributed by atoms with E-state index in [4.69, 9.17) is 0 Å². The average Bonchev–Trinajstić information content (AvgIpc) is 3.98. The van der Waals surface area contributed by atoms with Crippen LogP contribution >= 0.6 is 0 Å².